The van der Waals surface area contributed by atoms with Crippen LogP contribution in [0, 0.1) is 13.8 Å². The molecule has 0 aromatic heterocycles. The van der Waals surface area contributed by atoms with Gasteiger partial charge in [-0.1, -0.05) is 58.0 Å². The highest BCUT2D eigenvalue weighted by Gasteiger charge is 2.29. The van der Waals surface area contributed by atoms with Gasteiger partial charge < -0.3 is 35.7 Å². The van der Waals surface area contributed by atoms with Crippen molar-refractivity contribution in [3.8, 4) is 45.6 Å². The highest BCUT2D eigenvalue weighted by Crippen LogP contribution is 2.54. The normalized spacial score (nSPS) is 11.1. The van der Waals surface area contributed by atoms with Crippen molar-refractivity contribution in [2.75, 3.05) is 0 Å². The first-order valence-electron chi connectivity index (χ1n) is 14.8. The van der Waals surface area contributed by atoms with Gasteiger partial charge in [0.15, 0.2) is 35.6 Å². The minimum Gasteiger partial charge on any atom is -0.507 e. The summed E-state index contributed by atoms with van der Waals surface area (Å²) < 4.78 is 0. The average Bonchev–Trinajstić information content (AvgIpc) is 3.01. The molecule has 0 fully saturated rings. The van der Waals surface area contributed by atoms with E-state index in [1.54, 1.807) is 84.0 Å². The van der Waals surface area contributed by atoms with Crippen LogP contribution in [0.1, 0.15) is 92.9 Å². The minimum atomic E-state index is -0.879. The van der Waals surface area contributed by atoms with Crippen LogP contribution in [-0.4, -0.2) is 54.3 Å². The van der Waals surface area contributed by atoms with Gasteiger partial charge in [-0.05, 0) is 59.7 Å². The van der Waals surface area contributed by atoms with E-state index in [4.69, 9.17) is 5.11 Å². The number of aromatic hydroxyl groups is 6. The first-order chi connectivity index (χ1) is 22.1. The predicted molar refractivity (Wildman–Crippen MR) is 179 cm³/mol. The number of benzene rings is 5. The fourth-order valence-corrected chi connectivity index (χ4v) is 6.18. The molecule has 0 bridgehead atoms. The van der Waals surface area contributed by atoms with E-state index in [-0.39, 0.29) is 44.9 Å². The van der Waals surface area contributed by atoms with Crippen LogP contribution in [-0.2, 0) is 0 Å². The van der Waals surface area contributed by atoms with Gasteiger partial charge in [-0.3, -0.25) is 9.59 Å². The maximum atomic E-state index is 12.0. The fraction of sp³-hybridized carbons (Fsp3) is 0.216. The first-order valence-corrected chi connectivity index (χ1v) is 14.8. The van der Waals surface area contributed by atoms with Crippen LogP contribution in [0.2, 0.25) is 0 Å². The quantitative estimate of drug-likeness (QED) is 0.0712. The topological polar surface area (TPSA) is 193 Å². The molecule has 0 amide bonds. The Morgan fingerprint density at radius 3 is 1.23 bits per heavy atom. The van der Waals surface area contributed by atoms with Gasteiger partial charge in [0.25, 0.3) is 0 Å². The van der Waals surface area contributed by atoms with E-state index < -0.39 is 40.5 Å². The lowest BCUT2D eigenvalue weighted by Gasteiger charge is -2.23. The summed E-state index contributed by atoms with van der Waals surface area (Å²) in [6.07, 6.45) is 0.682. The molecule has 0 aliphatic rings. The largest absolute Gasteiger partial charge is 0.507 e. The third-order valence-corrected chi connectivity index (χ3v) is 8.25. The molecule has 0 spiro atoms. The molecule has 5 rings (SSSR count). The molecule has 5 aromatic rings. The SMILES string of the molecule is Cc1cc2c(C(C)C)c(O)c(O)c(C=O)c2c(O)c1-c1c(C)cc2c(C(C)C)c(O)c(O)c(C=O)c2c1O.O=C(O)c1ccccc1. The van der Waals surface area contributed by atoms with E-state index in [1.807, 2.05) is 0 Å². The summed E-state index contributed by atoms with van der Waals surface area (Å²) in [6, 6.07) is 11.6. The van der Waals surface area contributed by atoms with Crippen LogP contribution in [0.4, 0.5) is 0 Å². The van der Waals surface area contributed by atoms with Crippen molar-refractivity contribution in [1.29, 1.82) is 0 Å². The number of hydrogen-bond acceptors (Lipinski definition) is 9. The molecule has 0 saturated carbocycles. The second-order valence-corrected chi connectivity index (χ2v) is 11.9. The molecule has 0 aliphatic carbocycles. The first kappa shape index (κ1) is 34.1. The maximum absolute atomic E-state index is 12.0. The molecule has 10 heteroatoms. The number of aromatic carboxylic acids is 1. The molecule has 0 radical (unpaired) electrons. The van der Waals surface area contributed by atoms with Crippen LogP contribution >= 0.6 is 0 Å². The van der Waals surface area contributed by atoms with Crippen molar-refractivity contribution in [1.82, 2.24) is 0 Å². The Hall–Kier alpha value is -5.77. The molecule has 0 unspecified atom stereocenters. The Morgan fingerprint density at radius 2 is 0.957 bits per heavy atom. The number of carboxylic acid groups (broad SMARTS) is 1. The van der Waals surface area contributed by atoms with Crippen LogP contribution in [0.3, 0.4) is 0 Å². The van der Waals surface area contributed by atoms with Crippen molar-refractivity contribution in [3.05, 3.63) is 81.4 Å². The summed E-state index contributed by atoms with van der Waals surface area (Å²) in [5.41, 5.74) is 1.66. The third kappa shape index (κ3) is 5.63. The van der Waals surface area contributed by atoms with E-state index in [1.165, 1.54) is 0 Å². The molecule has 10 nitrogen and oxygen atoms in total. The number of carbonyl (C=O) groups excluding carboxylic acids is 2. The molecule has 0 heterocycles. The number of aldehydes is 2. The summed E-state index contributed by atoms with van der Waals surface area (Å²) in [5, 5.41) is 74.8. The molecule has 47 heavy (non-hydrogen) atoms. The Bertz CT molecular complexity index is 1950. The highest BCUT2D eigenvalue weighted by atomic mass is 16.4. The van der Waals surface area contributed by atoms with Crippen molar-refractivity contribution in [3.63, 3.8) is 0 Å². The second-order valence-electron chi connectivity index (χ2n) is 11.9. The zero-order valence-electron chi connectivity index (χ0n) is 26.7. The molecule has 7 N–H and O–H groups in total. The van der Waals surface area contributed by atoms with Crippen LogP contribution in [0.15, 0.2) is 42.5 Å². The van der Waals surface area contributed by atoms with Crippen LogP contribution < -0.4 is 0 Å². The Labute approximate surface area is 270 Å². The van der Waals surface area contributed by atoms with Crippen LogP contribution in [0.25, 0.3) is 32.7 Å². The van der Waals surface area contributed by atoms with Crippen molar-refractivity contribution in [2.24, 2.45) is 0 Å². The Balaban J connectivity index is 0.000000479. The zero-order chi connectivity index (χ0) is 35.1. The van der Waals surface area contributed by atoms with E-state index in [0.29, 0.717) is 51.2 Å². The molecule has 5 aromatic carbocycles. The average molecular weight is 641 g/mol. The molecular weight excluding hydrogens is 604 g/mol. The van der Waals surface area contributed by atoms with E-state index in [9.17, 15) is 45.0 Å². The summed E-state index contributed by atoms with van der Waals surface area (Å²) in [4.78, 5) is 34.2. The number of phenols is 6. The predicted octanol–water partition coefficient (Wildman–Crippen LogP) is 7.77. The lowest BCUT2D eigenvalue weighted by atomic mass is 9.83. The van der Waals surface area contributed by atoms with E-state index in [0.717, 1.165) is 0 Å². The molecular formula is C37H36O10. The smallest absolute Gasteiger partial charge is 0.335 e. The number of carbonyl (C=O) groups is 3. The van der Waals surface area contributed by atoms with Crippen molar-refractivity contribution >= 4 is 40.1 Å². The Kier molecular flexibility index (Phi) is 9.38. The van der Waals surface area contributed by atoms with Gasteiger partial charge in [-0.25, -0.2) is 4.79 Å². The van der Waals surface area contributed by atoms with Crippen molar-refractivity contribution in [2.45, 2.75) is 53.4 Å². The lowest BCUT2D eigenvalue weighted by molar-refractivity contribution is 0.0696. The van der Waals surface area contributed by atoms with Gasteiger partial charge in [-0.2, -0.15) is 0 Å². The van der Waals surface area contributed by atoms with Crippen LogP contribution in [0.5, 0.6) is 34.5 Å². The lowest BCUT2D eigenvalue weighted by Crippen LogP contribution is -2.01. The maximum Gasteiger partial charge on any atom is 0.335 e. The molecule has 0 saturated heterocycles. The number of rotatable bonds is 6. The second kappa shape index (κ2) is 12.9. The van der Waals surface area contributed by atoms with E-state index in [2.05, 4.69) is 0 Å². The van der Waals surface area contributed by atoms with Crippen molar-refractivity contribution < 1.29 is 50.1 Å². The van der Waals surface area contributed by atoms with Gasteiger partial charge in [0.2, 0.25) is 0 Å². The zero-order valence-corrected chi connectivity index (χ0v) is 26.7. The van der Waals surface area contributed by atoms with Gasteiger partial charge in [-0.15, -0.1) is 0 Å². The monoisotopic (exact) mass is 640 g/mol. The molecule has 244 valence electrons. The summed E-state index contributed by atoms with van der Waals surface area (Å²) >= 11 is 0. The summed E-state index contributed by atoms with van der Waals surface area (Å²) in [6.45, 7) is 10.5. The number of fused-ring (bicyclic) bond motifs is 2. The van der Waals surface area contributed by atoms with Gasteiger partial charge in [0.05, 0.1) is 16.7 Å². The fourth-order valence-electron chi connectivity index (χ4n) is 6.18. The third-order valence-electron chi connectivity index (χ3n) is 8.25. The number of phenolic OH excluding ortho intramolecular Hbond substituents is 6. The molecule has 0 atom stereocenters. The molecule has 0 aliphatic heterocycles. The highest BCUT2D eigenvalue weighted by molar-refractivity contribution is 6.14. The van der Waals surface area contributed by atoms with Gasteiger partial charge in [0, 0.05) is 33.0 Å². The number of carboxylic acids is 1. The number of hydrogen-bond donors (Lipinski definition) is 7. The summed E-state index contributed by atoms with van der Waals surface area (Å²) in [7, 11) is 0. The number of aryl methyl sites for hydroxylation is 2. The van der Waals surface area contributed by atoms with E-state index >= 15 is 0 Å². The standard InChI is InChI=1S/C30H30O8.C7H6O2/c1-11(2)19-15-7-13(5)21(27(35)23(15)17(9-31)25(33)29(19)37)22-14(6)8-16-20(12(3)4)30(38)26(34)18(10-32)24(16)28(22)36;8-7(9)6-4-2-1-3-5-6/h7-12,33-38H,1-6H3;1-5H,(H,8,9). The Morgan fingerprint density at radius 1 is 0.596 bits per heavy atom. The minimum absolute atomic E-state index is 0.00512. The van der Waals surface area contributed by atoms with Gasteiger partial charge in [0.1, 0.15) is 11.5 Å². The van der Waals surface area contributed by atoms with Gasteiger partial charge >= 0.3 is 5.97 Å². The summed E-state index contributed by atoms with van der Waals surface area (Å²) in [5.74, 6) is -4.45.